The molecule has 18 heteroatoms. The number of hydrogen-bond donors (Lipinski definition) is 12. The summed E-state index contributed by atoms with van der Waals surface area (Å²) >= 11 is 0. The molecule has 0 saturated carbocycles. The maximum Gasteiger partial charge on any atom is 0.294 e. The number of aliphatic hydroxyl groups excluding tert-OH is 10. The molecule has 0 radical (unpaired) electrons. The van der Waals surface area contributed by atoms with E-state index in [2.05, 4.69) is 0 Å². The molecule has 0 amide bonds. The summed E-state index contributed by atoms with van der Waals surface area (Å²) in [5, 5.41) is 76.2. The lowest BCUT2D eigenvalue weighted by atomic mass is 10.2. The summed E-state index contributed by atoms with van der Waals surface area (Å²) in [7, 11) is -8.04. The summed E-state index contributed by atoms with van der Waals surface area (Å²) in [6, 6.07) is 12.0. The Bertz CT molecular complexity index is 891. The van der Waals surface area contributed by atoms with Gasteiger partial charge in [0.15, 0.2) is 0 Å². The Morgan fingerprint density at radius 3 is 0.619 bits per heavy atom. The number of aliphatic hydroxyl groups is 10. The SMILES string of the molecule is Cc1ccc(S(=O)(=O)O)cc1.Cc1ccc(S(=O)(=O)O)cc1.OCCO.OCCO.OCCO.OCCO.OCCO. The fraction of sp³-hybridized carbons (Fsp3) is 0.500. The lowest BCUT2D eigenvalue weighted by Gasteiger charge is -1.95. The van der Waals surface area contributed by atoms with E-state index in [0.29, 0.717) is 0 Å². The number of benzene rings is 2. The Kier molecular flexibility index (Phi) is 41.3. The third kappa shape index (κ3) is 42.3. The molecule has 12 N–H and O–H groups in total. The number of rotatable bonds is 7. The zero-order chi connectivity index (χ0) is 34.0. The highest BCUT2D eigenvalue weighted by molar-refractivity contribution is 7.86. The Hall–Kier alpha value is -2.14. The molecule has 0 atom stereocenters. The molecule has 0 heterocycles. The maximum atomic E-state index is 10.5. The predicted molar refractivity (Wildman–Crippen MR) is 153 cm³/mol. The van der Waals surface area contributed by atoms with Gasteiger partial charge in [-0.1, -0.05) is 35.4 Å². The van der Waals surface area contributed by atoms with Crippen LogP contribution >= 0.6 is 0 Å². The van der Waals surface area contributed by atoms with Crippen molar-refractivity contribution in [2.45, 2.75) is 23.6 Å². The van der Waals surface area contributed by atoms with Crippen LogP contribution in [-0.2, 0) is 20.2 Å². The monoisotopic (exact) mass is 654 g/mol. The number of aryl methyl sites for hydroxylation is 2. The zero-order valence-corrected chi connectivity index (χ0v) is 25.1. The second-order valence-corrected chi connectivity index (χ2v) is 9.66. The highest BCUT2D eigenvalue weighted by atomic mass is 32.2. The van der Waals surface area contributed by atoms with Crippen LogP contribution in [0.4, 0.5) is 0 Å². The van der Waals surface area contributed by atoms with Crippen LogP contribution in [0.5, 0.6) is 0 Å². The molecule has 16 nitrogen and oxygen atoms in total. The molecule has 0 saturated heterocycles. The van der Waals surface area contributed by atoms with E-state index < -0.39 is 20.2 Å². The Morgan fingerprint density at radius 2 is 0.524 bits per heavy atom. The van der Waals surface area contributed by atoms with E-state index in [0.717, 1.165) is 11.1 Å². The lowest BCUT2D eigenvalue weighted by Crippen LogP contribution is -1.96. The normalized spacial score (nSPS) is 9.57. The van der Waals surface area contributed by atoms with Gasteiger partial charge in [-0.3, -0.25) is 9.11 Å². The zero-order valence-electron chi connectivity index (χ0n) is 23.5. The molecule has 42 heavy (non-hydrogen) atoms. The highest BCUT2D eigenvalue weighted by Crippen LogP contribution is 2.09. The van der Waals surface area contributed by atoms with Crippen LogP contribution in [0.2, 0.25) is 0 Å². The molecule has 250 valence electrons. The van der Waals surface area contributed by atoms with E-state index in [1.165, 1.54) is 24.3 Å². The highest BCUT2D eigenvalue weighted by Gasteiger charge is 2.07. The van der Waals surface area contributed by atoms with Crippen LogP contribution in [0.25, 0.3) is 0 Å². The fourth-order valence-corrected chi connectivity index (χ4v) is 2.38. The first kappa shape index (κ1) is 49.5. The second kappa shape index (κ2) is 35.1. The summed E-state index contributed by atoms with van der Waals surface area (Å²) in [6.45, 7) is 2.43. The topological polar surface area (TPSA) is 311 Å². The van der Waals surface area contributed by atoms with E-state index in [1.807, 2.05) is 13.8 Å². The van der Waals surface area contributed by atoms with Crippen molar-refractivity contribution in [3.63, 3.8) is 0 Å². The molecule has 2 rings (SSSR count). The van der Waals surface area contributed by atoms with Crippen molar-refractivity contribution in [2.75, 3.05) is 66.1 Å². The quantitative estimate of drug-likeness (QED) is 0.136. The van der Waals surface area contributed by atoms with Gasteiger partial charge < -0.3 is 51.1 Å². The first-order valence-electron chi connectivity index (χ1n) is 11.7. The van der Waals surface area contributed by atoms with E-state index in [9.17, 15) is 16.8 Å². The molecule has 0 aliphatic heterocycles. The third-order valence-electron chi connectivity index (χ3n) is 3.14. The van der Waals surface area contributed by atoms with Gasteiger partial charge in [-0.2, -0.15) is 16.8 Å². The van der Waals surface area contributed by atoms with Crippen molar-refractivity contribution >= 4 is 20.2 Å². The molecular weight excluding hydrogens is 608 g/mol. The van der Waals surface area contributed by atoms with Gasteiger partial charge >= 0.3 is 0 Å². The Labute approximate surface area is 246 Å². The van der Waals surface area contributed by atoms with Crippen molar-refractivity contribution in [3.8, 4) is 0 Å². The molecule has 0 fully saturated rings. The van der Waals surface area contributed by atoms with Crippen molar-refractivity contribution in [3.05, 3.63) is 59.7 Å². The van der Waals surface area contributed by atoms with E-state index >= 15 is 0 Å². The Morgan fingerprint density at radius 1 is 0.381 bits per heavy atom. The van der Waals surface area contributed by atoms with Crippen LogP contribution in [0.1, 0.15) is 11.1 Å². The van der Waals surface area contributed by atoms with Gasteiger partial charge in [-0.15, -0.1) is 0 Å². The summed E-state index contributed by atoms with van der Waals surface area (Å²) in [5.74, 6) is 0. The van der Waals surface area contributed by atoms with Gasteiger partial charge in [0.25, 0.3) is 20.2 Å². The third-order valence-corrected chi connectivity index (χ3v) is 4.87. The van der Waals surface area contributed by atoms with Crippen molar-refractivity contribution in [2.24, 2.45) is 0 Å². The van der Waals surface area contributed by atoms with Gasteiger partial charge in [-0.25, -0.2) is 0 Å². The van der Waals surface area contributed by atoms with Crippen LogP contribution in [0.3, 0.4) is 0 Å². The fourth-order valence-electron chi connectivity index (χ4n) is 1.42. The lowest BCUT2D eigenvalue weighted by molar-refractivity contribution is 0.186. The van der Waals surface area contributed by atoms with Crippen molar-refractivity contribution in [1.29, 1.82) is 0 Å². The molecule has 2 aromatic rings. The van der Waals surface area contributed by atoms with Gasteiger partial charge in [0, 0.05) is 0 Å². The van der Waals surface area contributed by atoms with E-state index in [1.54, 1.807) is 24.3 Å². The Balaban J connectivity index is -0.000000136. The molecule has 2 aromatic carbocycles. The molecule has 0 spiro atoms. The molecule has 0 aromatic heterocycles. The largest absolute Gasteiger partial charge is 0.394 e. The summed E-state index contributed by atoms with van der Waals surface area (Å²) in [6.07, 6.45) is 0. The first-order valence-corrected chi connectivity index (χ1v) is 14.6. The average Bonchev–Trinajstić information content (AvgIpc) is 2.97. The second-order valence-electron chi connectivity index (χ2n) is 6.81. The van der Waals surface area contributed by atoms with Crippen LogP contribution < -0.4 is 0 Å². The smallest absolute Gasteiger partial charge is 0.294 e. The minimum absolute atomic E-state index is 0.0666. The standard InChI is InChI=1S/2C7H8O3S.5C2H6O2/c2*1-6-2-4-7(5-3-6)11(8,9)10;5*3-1-2-4/h2*2-5H,1H3,(H,8,9,10);5*3-4H,1-2H2. The van der Waals surface area contributed by atoms with Crippen LogP contribution in [0.15, 0.2) is 58.3 Å². The van der Waals surface area contributed by atoms with Crippen LogP contribution in [0, 0.1) is 13.8 Å². The first-order chi connectivity index (χ1) is 19.6. The van der Waals surface area contributed by atoms with Gasteiger partial charge in [0.1, 0.15) is 0 Å². The molecule has 0 aliphatic rings. The van der Waals surface area contributed by atoms with Crippen molar-refractivity contribution < 1.29 is 77.0 Å². The minimum Gasteiger partial charge on any atom is -0.394 e. The summed E-state index contributed by atoms with van der Waals surface area (Å²) in [5.41, 5.74) is 1.91. The van der Waals surface area contributed by atoms with E-state index in [4.69, 9.17) is 60.2 Å². The molecule has 0 bridgehead atoms. The number of hydrogen-bond acceptors (Lipinski definition) is 14. The van der Waals surface area contributed by atoms with Gasteiger partial charge in [0.05, 0.1) is 75.9 Å². The summed E-state index contributed by atoms with van der Waals surface area (Å²) in [4.78, 5) is -0.133. The summed E-state index contributed by atoms with van der Waals surface area (Å²) < 4.78 is 59.1. The maximum absolute atomic E-state index is 10.5. The molecular formula is C24H46O16S2. The molecule has 0 unspecified atom stereocenters. The van der Waals surface area contributed by atoms with Gasteiger partial charge in [-0.05, 0) is 38.1 Å². The van der Waals surface area contributed by atoms with Crippen molar-refractivity contribution in [1.82, 2.24) is 0 Å². The minimum atomic E-state index is -4.02. The van der Waals surface area contributed by atoms with E-state index in [-0.39, 0.29) is 75.9 Å². The average molecular weight is 655 g/mol. The van der Waals surface area contributed by atoms with Crippen LogP contribution in [-0.4, -0.2) is 143 Å². The van der Waals surface area contributed by atoms with Gasteiger partial charge in [0.2, 0.25) is 0 Å². The predicted octanol–water partition coefficient (Wildman–Crippen LogP) is -2.66. The molecule has 0 aliphatic carbocycles.